The molecule has 1 aromatic rings. The minimum absolute atomic E-state index is 0.207. The van der Waals surface area contributed by atoms with Gasteiger partial charge in [0.25, 0.3) is 6.43 Å². The summed E-state index contributed by atoms with van der Waals surface area (Å²) in [6.45, 7) is 3.42. The first kappa shape index (κ1) is 12.1. The molecule has 0 aliphatic rings. The number of halogens is 2. The maximum Gasteiger partial charge on any atom is 0.256 e. The third-order valence-electron chi connectivity index (χ3n) is 2.48. The molecule has 0 aliphatic heterocycles. The van der Waals surface area contributed by atoms with E-state index < -0.39 is 12.0 Å². The first-order chi connectivity index (χ1) is 6.95. The van der Waals surface area contributed by atoms with Gasteiger partial charge in [0.05, 0.1) is 5.54 Å². The number of hydrogen-bond donors (Lipinski definition) is 1. The SMILES string of the molecule is CCc1cccc(CC(C)(N)C(F)F)c1. The summed E-state index contributed by atoms with van der Waals surface area (Å²) < 4.78 is 25.1. The Morgan fingerprint density at radius 1 is 1.33 bits per heavy atom. The molecule has 0 heterocycles. The molecular formula is C12H17F2N. The van der Waals surface area contributed by atoms with Crippen molar-refractivity contribution in [2.75, 3.05) is 0 Å². The van der Waals surface area contributed by atoms with Crippen LogP contribution in [0.4, 0.5) is 8.78 Å². The molecule has 0 radical (unpaired) electrons. The average molecular weight is 213 g/mol. The van der Waals surface area contributed by atoms with Crippen LogP contribution < -0.4 is 5.73 Å². The van der Waals surface area contributed by atoms with Crippen molar-refractivity contribution < 1.29 is 8.78 Å². The number of hydrogen-bond acceptors (Lipinski definition) is 1. The van der Waals surface area contributed by atoms with Crippen LogP contribution in [0.15, 0.2) is 24.3 Å². The Hall–Kier alpha value is -0.960. The predicted octanol–water partition coefficient (Wildman–Crippen LogP) is 2.77. The van der Waals surface area contributed by atoms with Crippen LogP contribution in [0.5, 0.6) is 0 Å². The van der Waals surface area contributed by atoms with Crippen LogP contribution in [0, 0.1) is 0 Å². The van der Waals surface area contributed by atoms with E-state index in [4.69, 9.17) is 5.73 Å². The molecule has 0 aromatic heterocycles. The monoisotopic (exact) mass is 213 g/mol. The summed E-state index contributed by atoms with van der Waals surface area (Å²) in [7, 11) is 0. The van der Waals surface area contributed by atoms with Gasteiger partial charge in [0.15, 0.2) is 0 Å². The summed E-state index contributed by atoms with van der Waals surface area (Å²) in [4.78, 5) is 0. The highest BCUT2D eigenvalue weighted by atomic mass is 19.3. The van der Waals surface area contributed by atoms with Crippen molar-refractivity contribution >= 4 is 0 Å². The lowest BCUT2D eigenvalue weighted by molar-refractivity contribution is 0.0639. The highest BCUT2D eigenvalue weighted by Gasteiger charge is 2.30. The van der Waals surface area contributed by atoms with Crippen LogP contribution in [0.3, 0.4) is 0 Å². The Kier molecular flexibility index (Phi) is 3.80. The largest absolute Gasteiger partial charge is 0.320 e. The molecule has 1 rings (SSSR count). The molecule has 0 saturated heterocycles. The van der Waals surface area contributed by atoms with Crippen LogP contribution in [-0.2, 0) is 12.8 Å². The number of nitrogens with two attached hydrogens (primary N) is 1. The lowest BCUT2D eigenvalue weighted by atomic mass is 9.93. The van der Waals surface area contributed by atoms with E-state index >= 15 is 0 Å². The summed E-state index contributed by atoms with van der Waals surface area (Å²) in [5.74, 6) is 0. The van der Waals surface area contributed by atoms with E-state index in [-0.39, 0.29) is 6.42 Å². The standard InChI is InChI=1S/C12H17F2N/c1-3-9-5-4-6-10(7-9)8-12(2,15)11(13)14/h4-7,11H,3,8,15H2,1-2H3. The van der Waals surface area contributed by atoms with Gasteiger partial charge in [0, 0.05) is 0 Å². The predicted molar refractivity (Wildman–Crippen MR) is 58.1 cm³/mol. The molecule has 15 heavy (non-hydrogen) atoms. The van der Waals surface area contributed by atoms with Crippen LogP contribution in [0.1, 0.15) is 25.0 Å². The quantitative estimate of drug-likeness (QED) is 0.817. The molecule has 1 unspecified atom stereocenters. The molecular weight excluding hydrogens is 196 g/mol. The molecule has 0 saturated carbocycles. The van der Waals surface area contributed by atoms with Crippen molar-refractivity contribution in [3.05, 3.63) is 35.4 Å². The van der Waals surface area contributed by atoms with Gasteiger partial charge >= 0.3 is 0 Å². The Bertz CT molecular complexity index is 321. The number of rotatable bonds is 4. The van der Waals surface area contributed by atoms with E-state index in [2.05, 4.69) is 0 Å². The average Bonchev–Trinajstić information content (AvgIpc) is 2.17. The molecule has 0 aliphatic carbocycles. The number of aryl methyl sites for hydroxylation is 1. The molecule has 0 amide bonds. The first-order valence-electron chi connectivity index (χ1n) is 5.10. The summed E-state index contributed by atoms with van der Waals surface area (Å²) in [5.41, 5.74) is 6.12. The highest BCUT2D eigenvalue weighted by Crippen LogP contribution is 2.19. The maximum atomic E-state index is 12.6. The van der Waals surface area contributed by atoms with Gasteiger partial charge in [-0.1, -0.05) is 31.2 Å². The minimum Gasteiger partial charge on any atom is -0.320 e. The fourth-order valence-electron chi connectivity index (χ4n) is 1.48. The van der Waals surface area contributed by atoms with Gasteiger partial charge in [-0.3, -0.25) is 0 Å². The normalized spacial score (nSPS) is 15.3. The maximum absolute atomic E-state index is 12.6. The Labute approximate surface area is 89.3 Å². The van der Waals surface area contributed by atoms with Gasteiger partial charge in [-0.15, -0.1) is 0 Å². The zero-order chi connectivity index (χ0) is 11.5. The van der Waals surface area contributed by atoms with E-state index in [0.717, 1.165) is 17.5 Å². The molecule has 2 N–H and O–H groups in total. The van der Waals surface area contributed by atoms with Gasteiger partial charge in [-0.2, -0.15) is 0 Å². The molecule has 1 nitrogen and oxygen atoms in total. The van der Waals surface area contributed by atoms with E-state index in [1.165, 1.54) is 6.92 Å². The Morgan fingerprint density at radius 2 is 1.93 bits per heavy atom. The van der Waals surface area contributed by atoms with Gasteiger partial charge in [0.2, 0.25) is 0 Å². The lowest BCUT2D eigenvalue weighted by Gasteiger charge is -2.23. The van der Waals surface area contributed by atoms with Gasteiger partial charge in [-0.25, -0.2) is 8.78 Å². The summed E-state index contributed by atoms with van der Waals surface area (Å²) in [6, 6.07) is 7.65. The number of benzene rings is 1. The fourth-order valence-corrected chi connectivity index (χ4v) is 1.48. The lowest BCUT2D eigenvalue weighted by Crippen LogP contribution is -2.45. The van der Waals surface area contributed by atoms with E-state index in [1.807, 2.05) is 31.2 Å². The molecule has 0 fully saturated rings. The summed E-state index contributed by atoms with van der Waals surface area (Å²) in [6.07, 6.45) is -1.38. The molecule has 1 atom stereocenters. The van der Waals surface area contributed by atoms with E-state index in [9.17, 15) is 8.78 Å². The third kappa shape index (κ3) is 3.27. The summed E-state index contributed by atoms with van der Waals surface area (Å²) in [5, 5.41) is 0. The smallest absolute Gasteiger partial charge is 0.256 e. The van der Waals surface area contributed by atoms with Crippen molar-refractivity contribution in [1.29, 1.82) is 0 Å². The topological polar surface area (TPSA) is 26.0 Å². The van der Waals surface area contributed by atoms with Gasteiger partial charge < -0.3 is 5.73 Å². The first-order valence-corrected chi connectivity index (χ1v) is 5.10. The molecule has 0 bridgehead atoms. The molecule has 3 heteroatoms. The molecule has 0 spiro atoms. The van der Waals surface area contributed by atoms with Crippen molar-refractivity contribution in [2.45, 2.75) is 38.7 Å². The zero-order valence-corrected chi connectivity index (χ0v) is 9.13. The van der Waals surface area contributed by atoms with Gasteiger partial charge in [-0.05, 0) is 30.9 Å². The second-order valence-corrected chi connectivity index (χ2v) is 4.16. The number of alkyl halides is 2. The van der Waals surface area contributed by atoms with Crippen LogP contribution in [-0.4, -0.2) is 12.0 Å². The zero-order valence-electron chi connectivity index (χ0n) is 9.13. The van der Waals surface area contributed by atoms with E-state index in [1.54, 1.807) is 0 Å². The van der Waals surface area contributed by atoms with Crippen LogP contribution >= 0.6 is 0 Å². The third-order valence-corrected chi connectivity index (χ3v) is 2.48. The van der Waals surface area contributed by atoms with Crippen LogP contribution in [0.25, 0.3) is 0 Å². The second kappa shape index (κ2) is 4.71. The summed E-state index contributed by atoms with van der Waals surface area (Å²) >= 11 is 0. The van der Waals surface area contributed by atoms with Gasteiger partial charge in [0.1, 0.15) is 0 Å². The Morgan fingerprint density at radius 3 is 2.47 bits per heavy atom. The van der Waals surface area contributed by atoms with E-state index in [0.29, 0.717) is 0 Å². The highest BCUT2D eigenvalue weighted by molar-refractivity contribution is 5.25. The van der Waals surface area contributed by atoms with Crippen molar-refractivity contribution in [3.8, 4) is 0 Å². The second-order valence-electron chi connectivity index (χ2n) is 4.16. The van der Waals surface area contributed by atoms with Crippen LogP contribution in [0.2, 0.25) is 0 Å². The molecule has 1 aromatic carbocycles. The van der Waals surface area contributed by atoms with Crippen molar-refractivity contribution in [2.24, 2.45) is 5.73 Å². The minimum atomic E-state index is -2.50. The molecule has 84 valence electrons. The fraction of sp³-hybridized carbons (Fsp3) is 0.500. The van der Waals surface area contributed by atoms with Crippen molar-refractivity contribution in [3.63, 3.8) is 0 Å². The Balaban J connectivity index is 2.80. The van der Waals surface area contributed by atoms with Crippen molar-refractivity contribution in [1.82, 2.24) is 0 Å².